The SMILES string of the molecule is CCCn1cc(C2=CC(N)CC2)cn1. The van der Waals surface area contributed by atoms with Crippen LogP contribution in [-0.2, 0) is 6.54 Å². The molecule has 1 aromatic rings. The molecular weight excluding hydrogens is 174 g/mol. The number of hydrogen-bond donors (Lipinski definition) is 1. The predicted molar refractivity (Wildman–Crippen MR) is 57.7 cm³/mol. The second kappa shape index (κ2) is 3.96. The number of hydrogen-bond acceptors (Lipinski definition) is 2. The molecule has 76 valence electrons. The number of rotatable bonds is 3. The van der Waals surface area contributed by atoms with E-state index in [4.69, 9.17) is 5.73 Å². The van der Waals surface area contributed by atoms with Gasteiger partial charge in [-0.1, -0.05) is 13.0 Å². The summed E-state index contributed by atoms with van der Waals surface area (Å²) in [6, 6.07) is 0.250. The molecule has 2 rings (SSSR count). The van der Waals surface area contributed by atoms with Gasteiger partial charge in [0.1, 0.15) is 0 Å². The van der Waals surface area contributed by atoms with E-state index in [1.54, 1.807) is 0 Å². The Bertz CT molecular complexity index is 338. The molecule has 0 aromatic carbocycles. The van der Waals surface area contributed by atoms with E-state index in [2.05, 4.69) is 24.3 Å². The summed E-state index contributed by atoms with van der Waals surface area (Å²) in [6.07, 6.45) is 9.52. The van der Waals surface area contributed by atoms with Crippen molar-refractivity contribution in [3.63, 3.8) is 0 Å². The first kappa shape index (κ1) is 9.46. The fourth-order valence-electron chi connectivity index (χ4n) is 1.87. The summed E-state index contributed by atoms with van der Waals surface area (Å²) >= 11 is 0. The molecule has 0 aliphatic heterocycles. The van der Waals surface area contributed by atoms with Gasteiger partial charge in [-0.05, 0) is 24.8 Å². The first-order valence-electron chi connectivity index (χ1n) is 5.28. The molecule has 0 bridgehead atoms. The summed E-state index contributed by atoms with van der Waals surface area (Å²) in [5, 5.41) is 4.31. The van der Waals surface area contributed by atoms with E-state index in [9.17, 15) is 0 Å². The quantitative estimate of drug-likeness (QED) is 0.791. The summed E-state index contributed by atoms with van der Waals surface area (Å²) in [7, 11) is 0. The lowest BCUT2D eigenvalue weighted by molar-refractivity contribution is 0.602. The lowest BCUT2D eigenvalue weighted by atomic mass is 10.1. The summed E-state index contributed by atoms with van der Waals surface area (Å²) in [4.78, 5) is 0. The van der Waals surface area contributed by atoms with Gasteiger partial charge in [-0.15, -0.1) is 0 Å². The molecule has 0 saturated carbocycles. The van der Waals surface area contributed by atoms with Gasteiger partial charge in [-0.25, -0.2) is 0 Å². The highest BCUT2D eigenvalue weighted by Crippen LogP contribution is 2.26. The Morgan fingerprint density at radius 1 is 1.64 bits per heavy atom. The van der Waals surface area contributed by atoms with Crippen molar-refractivity contribution in [3.05, 3.63) is 24.0 Å². The van der Waals surface area contributed by atoms with Gasteiger partial charge in [0.05, 0.1) is 6.20 Å². The largest absolute Gasteiger partial charge is 0.324 e. The Labute approximate surface area is 84.6 Å². The average Bonchev–Trinajstić information content (AvgIpc) is 2.74. The minimum Gasteiger partial charge on any atom is -0.324 e. The molecule has 0 saturated heterocycles. The maximum absolute atomic E-state index is 5.82. The fourth-order valence-corrected chi connectivity index (χ4v) is 1.87. The zero-order valence-electron chi connectivity index (χ0n) is 8.61. The van der Waals surface area contributed by atoms with Gasteiger partial charge in [0.2, 0.25) is 0 Å². The molecule has 0 radical (unpaired) electrons. The molecule has 1 heterocycles. The molecule has 14 heavy (non-hydrogen) atoms. The van der Waals surface area contributed by atoms with Gasteiger partial charge in [0.25, 0.3) is 0 Å². The van der Waals surface area contributed by atoms with Crippen LogP contribution >= 0.6 is 0 Å². The summed E-state index contributed by atoms with van der Waals surface area (Å²) in [6.45, 7) is 3.16. The molecule has 1 aliphatic rings. The summed E-state index contributed by atoms with van der Waals surface area (Å²) < 4.78 is 2.00. The van der Waals surface area contributed by atoms with Crippen molar-refractivity contribution in [2.45, 2.75) is 38.8 Å². The van der Waals surface area contributed by atoms with Gasteiger partial charge in [-0.3, -0.25) is 4.68 Å². The molecule has 1 unspecified atom stereocenters. The van der Waals surface area contributed by atoms with Gasteiger partial charge >= 0.3 is 0 Å². The molecule has 0 amide bonds. The number of nitrogens with two attached hydrogens (primary N) is 1. The third-order valence-corrected chi connectivity index (χ3v) is 2.62. The third-order valence-electron chi connectivity index (χ3n) is 2.62. The van der Waals surface area contributed by atoms with E-state index in [1.165, 1.54) is 11.1 Å². The van der Waals surface area contributed by atoms with Crippen molar-refractivity contribution in [3.8, 4) is 0 Å². The van der Waals surface area contributed by atoms with E-state index in [0.717, 1.165) is 25.8 Å². The highest BCUT2D eigenvalue weighted by atomic mass is 15.3. The summed E-state index contributed by atoms with van der Waals surface area (Å²) in [5.74, 6) is 0. The Morgan fingerprint density at radius 3 is 3.14 bits per heavy atom. The van der Waals surface area contributed by atoms with E-state index in [0.29, 0.717) is 0 Å². The lowest BCUT2D eigenvalue weighted by Crippen LogP contribution is -2.11. The Balaban J connectivity index is 2.13. The maximum atomic E-state index is 5.82. The van der Waals surface area contributed by atoms with Crippen LogP contribution in [0.3, 0.4) is 0 Å². The molecule has 3 heteroatoms. The van der Waals surface area contributed by atoms with Crippen molar-refractivity contribution in [1.82, 2.24) is 9.78 Å². The molecule has 3 nitrogen and oxygen atoms in total. The van der Waals surface area contributed by atoms with Gasteiger partial charge in [-0.2, -0.15) is 5.10 Å². The normalized spacial score (nSPS) is 21.3. The van der Waals surface area contributed by atoms with Crippen LogP contribution in [0, 0.1) is 0 Å². The zero-order chi connectivity index (χ0) is 9.97. The second-order valence-corrected chi connectivity index (χ2v) is 3.89. The summed E-state index contributed by atoms with van der Waals surface area (Å²) in [5.41, 5.74) is 8.43. The Morgan fingerprint density at radius 2 is 2.50 bits per heavy atom. The van der Waals surface area contributed by atoms with E-state index in [-0.39, 0.29) is 6.04 Å². The Hall–Kier alpha value is -1.09. The highest BCUT2D eigenvalue weighted by Gasteiger charge is 2.14. The minimum atomic E-state index is 0.250. The number of allylic oxidation sites excluding steroid dienone is 1. The van der Waals surface area contributed by atoms with Crippen LogP contribution < -0.4 is 5.73 Å². The highest BCUT2D eigenvalue weighted by molar-refractivity contribution is 5.67. The predicted octanol–water partition coefficient (Wildman–Crippen LogP) is 1.80. The van der Waals surface area contributed by atoms with Crippen LogP contribution in [0.25, 0.3) is 5.57 Å². The maximum Gasteiger partial charge on any atom is 0.0564 e. The molecule has 1 aromatic heterocycles. The van der Waals surface area contributed by atoms with Crippen molar-refractivity contribution < 1.29 is 0 Å². The number of aryl methyl sites for hydroxylation is 1. The van der Waals surface area contributed by atoms with Crippen molar-refractivity contribution >= 4 is 5.57 Å². The van der Waals surface area contributed by atoms with Crippen LogP contribution in [-0.4, -0.2) is 15.8 Å². The first-order valence-corrected chi connectivity index (χ1v) is 5.28. The van der Waals surface area contributed by atoms with Gasteiger partial charge in [0.15, 0.2) is 0 Å². The minimum absolute atomic E-state index is 0.250. The van der Waals surface area contributed by atoms with Crippen LogP contribution in [0.1, 0.15) is 31.7 Å². The van der Waals surface area contributed by atoms with Gasteiger partial charge in [0, 0.05) is 24.3 Å². The number of nitrogens with zero attached hydrogens (tertiary/aromatic N) is 2. The van der Waals surface area contributed by atoms with E-state index < -0.39 is 0 Å². The molecule has 0 fully saturated rings. The smallest absolute Gasteiger partial charge is 0.0564 e. The van der Waals surface area contributed by atoms with Crippen LogP contribution in [0.15, 0.2) is 18.5 Å². The third kappa shape index (κ3) is 1.87. The topological polar surface area (TPSA) is 43.8 Å². The van der Waals surface area contributed by atoms with Crippen molar-refractivity contribution in [2.75, 3.05) is 0 Å². The van der Waals surface area contributed by atoms with E-state index >= 15 is 0 Å². The van der Waals surface area contributed by atoms with Crippen molar-refractivity contribution in [2.24, 2.45) is 5.73 Å². The monoisotopic (exact) mass is 191 g/mol. The van der Waals surface area contributed by atoms with E-state index in [1.807, 2.05) is 10.9 Å². The average molecular weight is 191 g/mol. The van der Waals surface area contributed by atoms with Crippen LogP contribution in [0.2, 0.25) is 0 Å². The van der Waals surface area contributed by atoms with Crippen molar-refractivity contribution in [1.29, 1.82) is 0 Å². The molecule has 2 N–H and O–H groups in total. The lowest BCUT2D eigenvalue weighted by Gasteiger charge is -1.96. The second-order valence-electron chi connectivity index (χ2n) is 3.89. The molecular formula is C11H17N3. The molecule has 1 atom stereocenters. The standard InChI is InChI=1S/C11H17N3/c1-2-5-14-8-10(7-13-14)9-3-4-11(12)6-9/h6-8,11H,2-5,12H2,1H3. The Kier molecular flexibility index (Phi) is 2.68. The zero-order valence-corrected chi connectivity index (χ0v) is 8.61. The number of aromatic nitrogens is 2. The van der Waals surface area contributed by atoms with Gasteiger partial charge < -0.3 is 5.73 Å². The van der Waals surface area contributed by atoms with Crippen LogP contribution in [0.5, 0.6) is 0 Å². The molecule has 0 spiro atoms. The molecule has 1 aliphatic carbocycles. The fraction of sp³-hybridized carbons (Fsp3) is 0.545. The first-order chi connectivity index (χ1) is 6.79. The van der Waals surface area contributed by atoms with Crippen LogP contribution in [0.4, 0.5) is 0 Å².